The maximum atomic E-state index is 12.9. The highest BCUT2D eigenvalue weighted by atomic mass is 32.2. The molecule has 2 amide bonds. The molecule has 11 nitrogen and oxygen atoms in total. The van der Waals surface area contributed by atoms with Crippen LogP contribution in [-0.4, -0.2) is 86.4 Å². The number of aliphatic carboxylic acids is 1. The lowest BCUT2D eigenvalue weighted by Crippen LogP contribution is -2.71. The van der Waals surface area contributed by atoms with E-state index in [1.165, 1.54) is 22.0 Å². The van der Waals surface area contributed by atoms with Gasteiger partial charge in [-0.25, -0.2) is 4.98 Å². The summed E-state index contributed by atoms with van der Waals surface area (Å²) in [5, 5.41) is 27.9. The third kappa shape index (κ3) is 3.84. The summed E-state index contributed by atoms with van der Waals surface area (Å²) in [6.07, 6.45) is 2.21. The van der Waals surface area contributed by atoms with Gasteiger partial charge in [0.1, 0.15) is 23.7 Å². The van der Waals surface area contributed by atoms with Crippen LogP contribution in [-0.2, 0) is 14.4 Å². The second-order valence-electron chi connectivity index (χ2n) is 8.09. The topological polar surface area (TPSA) is 161 Å². The van der Waals surface area contributed by atoms with Gasteiger partial charge in [0.25, 0.3) is 11.8 Å². The molecule has 0 aliphatic carbocycles. The van der Waals surface area contributed by atoms with Crippen molar-refractivity contribution in [3.05, 3.63) is 22.3 Å². The number of carboxylic acids is 1. The molecule has 3 aliphatic heterocycles. The summed E-state index contributed by atoms with van der Waals surface area (Å²) in [6, 6.07) is -0.947. The smallest absolute Gasteiger partial charge is 0.276 e. The van der Waals surface area contributed by atoms with E-state index in [0.717, 1.165) is 48.3 Å². The molecule has 1 unspecified atom stereocenters. The predicted octanol–water partition coefficient (Wildman–Crippen LogP) is -1.06. The van der Waals surface area contributed by atoms with Crippen molar-refractivity contribution in [2.24, 2.45) is 5.16 Å². The number of nitrogens with two attached hydrogens (primary N) is 1. The van der Waals surface area contributed by atoms with Gasteiger partial charge in [0.2, 0.25) is 0 Å². The molecule has 4 N–H and O–H groups in total. The van der Waals surface area contributed by atoms with Crippen molar-refractivity contribution in [2.45, 2.75) is 31.2 Å². The number of amides is 2. The van der Waals surface area contributed by atoms with Gasteiger partial charge < -0.3 is 30.6 Å². The van der Waals surface area contributed by atoms with Crippen LogP contribution in [0.15, 0.2) is 21.8 Å². The van der Waals surface area contributed by atoms with Crippen molar-refractivity contribution in [1.82, 2.24) is 15.2 Å². The standard InChI is InChI=1S/C19H24N6O5S2/c1-2-25(5-3-4-6-25)7-10-8-31-17-13(16(27)24(17)14(10)18(28)29)22-15(26)12(23-30)11-9-32-19(20)21-11/h9,13,17H,2-8H2,1H3,(H4-,20,21,22,26,28,29,30)/t13?,17-/m0/s1. The number of quaternary nitrogens is 1. The van der Waals surface area contributed by atoms with E-state index < -0.39 is 29.2 Å². The number of thiazole rings is 1. The monoisotopic (exact) mass is 480 g/mol. The van der Waals surface area contributed by atoms with Gasteiger partial charge in [-0.2, -0.15) is 0 Å². The third-order valence-electron chi connectivity index (χ3n) is 6.32. The zero-order valence-corrected chi connectivity index (χ0v) is 19.1. The molecule has 0 aromatic carbocycles. The van der Waals surface area contributed by atoms with Crippen molar-refractivity contribution in [1.29, 1.82) is 0 Å². The molecule has 2 saturated heterocycles. The second-order valence-corrected chi connectivity index (χ2v) is 10.1. The zero-order chi connectivity index (χ0) is 23.0. The minimum Gasteiger partial charge on any atom is -0.543 e. The fourth-order valence-electron chi connectivity index (χ4n) is 4.61. The van der Waals surface area contributed by atoms with Crippen LogP contribution >= 0.6 is 23.1 Å². The number of likely N-dealkylation sites (N-methyl/N-ethyl adjacent to an activating group) is 1. The molecule has 32 heavy (non-hydrogen) atoms. The van der Waals surface area contributed by atoms with Crippen molar-refractivity contribution in [3.8, 4) is 0 Å². The quantitative estimate of drug-likeness (QED) is 0.146. The van der Waals surface area contributed by atoms with Gasteiger partial charge in [0.15, 0.2) is 10.8 Å². The normalized spacial score (nSPS) is 24.8. The van der Waals surface area contributed by atoms with E-state index in [2.05, 4.69) is 22.4 Å². The number of nitrogen functional groups attached to an aromatic ring is 1. The van der Waals surface area contributed by atoms with Gasteiger partial charge in [-0.3, -0.25) is 14.5 Å². The van der Waals surface area contributed by atoms with Crippen molar-refractivity contribution >= 4 is 51.7 Å². The van der Waals surface area contributed by atoms with Crippen LogP contribution in [0.25, 0.3) is 0 Å². The van der Waals surface area contributed by atoms with Crippen LogP contribution in [0.2, 0.25) is 0 Å². The number of thioether (sulfide) groups is 1. The minimum atomic E-state index is -1.38. The number of hydrogen-bond donors (Lipinski definition) is 3. The number of oxime groups is 1. The molecule has 0 spiro atoms. The van der Waals surface area contributed by atoms with E-state index >= 15 is 0 Å². The average molecular weight is 481 g/mol. The number of carbonyl (C=O) groups is 3. The molecule has 1 aromatic rings. The van der Waals surface area contributed by atoms with E-state index in [0.29, 0.717) is 17.9 Å². The van der Waals surface area contributed by atoms with E-state index in [1.54, 1.807) is 0 Å². The van der Waals surface area contributed by atoms with Gasteiger partial charge in [0.05, 0.1) is 31.3 Å². The summed E-state index contributed by atoms with van der Waals surface area (Å²) in [4.78, 5) is 42.6. The van der Waals surface area contributed by atoms with Gasteiger partial charge in [0, 0.05) is 29.5 Å². The lowest BCUT2D eigenvalue weighted by atomic mass is 10.0. The first-order valence-electron chi connectivity index (χ1n) is 10.3. The molecule has 0 radical (unpaired) electrons. The Hall–Kier alpha value is -2.64. The van der Waals surface area contributed by atoms with Crippen LogP contribution in [0, 0.1) is 0 Å². The number of hydrogen-bond acceptors (Lipinski definition) is 10. The molecule has 13 heteroatoms. The molecule has 0 bridgehead atoms. The van der Waals surface area contributed by atoms with Crippen LogP contribution in [0.4, 0.5) is 5.13 Å². The van der Waals surface area contributed by atoms with Crippen LogP contribution in [0.1, 0.15) is 25.5 Å². The van der Waals surface area contributed by atoms with E-state index in [9.17, 15) is 24.7 Å². The summed E-state index contributed by atoms with van der Waals surface area (Å²) >= 11 is 2.48. The Labute approximate surface area is 192 Å². The van der Waals surface area contributed by atoms with Crippen molar-refractivity contribution < 1.29 is 29.2 Å². The number of anilines is 1. The Morgan fingerprint density at radius 2 is 2.16 bits per heavy atom. The highest BCUT2D eigenvalue weighted by molar-refractivity contribution is 8.00. The molecule has 1 aromatic heterocycles. The number of aromatic nitrogens is 1. The largest absolute Gasteiger partial charge is 0.543 e. The molecule has 0 saturated carbocycles. The Morgan fingerprint density at radius 3 is 2.72 bits per heavy atom. The number of fused-ring (bicyclic) bond motifs is 1. The highest BCUT2D eigenvalue weighted by Crippen LogP contribution is 2.41. The maximum Gasteiger partial charge on any atom is 0.276 e. The number of carbonyl (C=O) groups excluding carboxylic acids is 3. The Bertz CT molecular complexity index is 1020. The predicted molar refractivity (Wildman–Crippen MR) is 117 cm³/mol. The van der Waals surface area contributed by atoms with Crippen LogP contribution < -0.4 is 16.2 Å². The van der Waals surface area contributed by atoms with E-state index in [-0.39, 0.29) is 22.2 Å². The number of rotatable bonds is 7. The van der Waals surface area contributed by atoms with Gasteiger partial charge in [-0.05, 0) is 6.92 Å². The van der Waals surface area contributed by atoms with Gasteiger partial charge in [-0.1, -0.05) is 5.16 Å². The van der Waals surface area contributed by atoms with E-state index in [1.807, 2.05) is 0 Å². The van der Waals surface area contributed by atoms with Crippen LogP contribution in [0.3, 0.4) is 0 Å². The summed E-state index contributed by atoms with van der Waals surface area (Å²) in [6.45, 7) is 5.55. The lowest BCUT2D eigenvalue weighted by molar-refractivity contribution is -0.910. The molecule has 3 aliphatic rings. The Kier molecular flexibility index (Phi) is 6.14. The number of β-lactam (4-membered cyclic amide) rings is 1. The number of carboxylic acid groups (broad SMARTS) is 1. The molecular weight excluding hydrogens is 456 g/mol. The van der Waals surface area contributed by atoms with Gasteiger partial charge in [-0.15, -0.1) is 23.1 Å². The Balaban J connectivity index is 1.52. The minimum absolute atomic E-state index is 0.0783. The highest BCUT2D eigenvalue weighted by Gasteiger charge is 2.53. The third-order valence-corrected chi connectivity index (χ3v) is 8.33. The van der Waals surface area contributed by atoms with Crippen LogP contribution in [0.5, 0.6) is 0 Å². The first-order valence-corrected chi connectivity index (χ1v) is 12.2. The summed E-state index contributed by atoms with van der Waals surface area (Å²) < 4.78 is 0.812. The molecule has 4 rings (SSSR count). The fourth-order valence-corrected chi connectivity index (χ4v) is 6.49. The number of likely N-dealkylation sites (tertiary alicyclic amines) is 1. The second kappa shape index (κ2) is 8.71. The molecule has 2 atom stereocenters. The lowest BCUT2D eigenvalue weighted by Gasteiger charge is -2.51. The average Bonchev–Trinajstić information content (AvgIpc) is 3.41. The maximum absolute atomic E-state index is 12.9. The molecule has 172 valence electrons. The Morgan fingerprint density at radius 1 is 1.44 bits per heavy atom. The van der Waals surface area contributed by atoms with Crippen molar-refractivity contribution in [3.63, 3.8) is 0 Å². The zero-order valence-electron chi connectivity index (χ0n) is 17.4. The molecule has 4 heterocycles. The first-order chi connectivity index (χ1) is 15.3. The summed E-state index contributed by atoms with van der Waals surface area (Å²) in [5.41, 5.74) is 5.90. The summed E-state index contributed by atoms with van der Waals surface area (Å²) in [5.74, 6) is -2.28. The fraction of sp³-hybridized carbons (Fsp3) is 0.526. The van der Waals surface area contributed by atoms with Crippen molar-refractivity contribution in [2.75, 3.05) is 37.7 Å². The SMILES string of the molecule is CC[N+]1(CC2=C(C(=O)[O-])N3C(=O)C(NC(=O)C(=NO)c4csc(N)n4)[C@@H]3SC2)CCCC1. The van der Waals surface area contributed by atoms with Gasteiger partial charge >= 0.3 is 0 Å². The first kappa shape index (κ1) is 22.6. The number of nitrogens with one attached hydrogen (secondary N) is 1. The molecular formula is C19H24N6O5S2. The van der Waals surface area contributed by atoms with E-state index in [4.69, 9.17) is 5.73 Å². The summed E-state index contributed by atoms with van der Waals surface area (Å²) in [7, 11) is 0. The molecule has 2 fully saturated rings. The number of nitrogens with zero attached hydrogens (tertiary/aromatic N) is 4.